The minimum atomic E-state index is -0.168. The molecule has 1 N–H and O–H groups in total. The molecule has 1 aromatic heterocycles. The van der Waals surface area contributed by atoms with Crippen LogP contribution in [0.15, 0.2) is 36.5 Å². The summed E-state index contributed by atoms with van der Waals surface area (Å²) in [5, 5.41) is 6.98. The van der Waals surface area contributed by atoms with E-state index in [2.05, 4.69) is 10.4 Å². The van der Waals surface area contributed by atoms with Crippen molar-refractivity contribution in [3.05, 3.63) is 42.2 Å². The van der Waals surface area contributed by atoms with Gasteiger partial charge in [-0.25, -0.2) is 0 Å². The number of benzene rings is 1. The van der Waals surface area contributed by atoms with Gasteiger partial charge in [0.15, 0.2) is 0 Å². The quantitative estimate of drug-likeness (QED) is 0.884. The molecule has 3 rings (SSSR count). The third-order valence-electron chi connectivity index (χ3n) is 4.07. The molecule has 1 atom stereocenters. The molecular formula is C18H23N3O3. The molecule has 1 fully saturated rings. The molecule has 1 aromatic carbocycles. The summed E-state index contributed by atoms with van der Waals surface area (Å²) in [7, 11) is 0. The Bertz CT molecular complexity index is 660. The second-order valence-corrected chi connectivity index (χ2v) is 5.81. The first-order chi connectivity index (χ1) is 11.8. The van der Waals surface area contributed by atoms with Gasteiger partial charge in [0, 0.05) is 25.0 Å². The minimum Gasteiger partial charge on any atom is -0.491 e. The van der Waals surface area contributed by atoms with Crippen LogP contribution in [0.5, 0.6) is 5.75 Å². The number of hydrogen-bond donors (Lipinski definition) is 1. The number of amides is 1. The molecular weight excluding hydrogens is 306 g/mol. The monoisotopic (exact) mass is 329 g/mol. The maximum Gasteiger partial charge on any atom is 0.273 e. The van der Waals surface area contributed by atoms with Crippen LogP contribution in [0.25, 0.3) is 0 Å². The fourth-order valence-electron chi connectivity index (χ4n) is 2.74. The minimum absolute atomic E-state index is 0.168. The molecule has 24 heavy (non-hydrogen) atoms. The Labute approximate surface area is 141 Å². The van der Waals surface area contributed by atoms with E-state index in [-0.39, 0.29) is 12.0 Å². The van der Waals surface area contributed by atoms with Crippen molar-refractivity contribution in [2.24, 2.45) is 0 Å². The van der Waals surface area contributed by atoms with Crippen LogP contribution >= 0.6 is 0 Å². The van der Waals surface area contributed by atoms with Gasteiger partial charge in [0.25, 0.3) is 5.91 Å². The Morgan fingerprint density at radius 1 is 1.33 bits per heavy atom. The first kappa shape index (κ1) is 16.5. The Hall–Kier alpha value is -2.34. The zero-order valence-electron chi connectivity index (χ0n) is 13.9. The van der Waals surface area contributed by atoms with Crippen molar-refractivity contribution >= 4 is 11.6 Å². The molecule has 1 aliphatic rings. The Kier molecular flexibility index (Phi) is 5.48. The SMILES string of the molecule is CCn1nccc1C(=O)Nc1ccc(OCC2CCCCO2)cc1. The van der Waals surface area contributed by atoms with Crippen LogP contribution in [0.1, 0.15) is 36.7 Å². The van der Waals surface area contributed by atoms with Crippen molar-refractivity contribution in [2.45, 2.75) is 38.8 Å². The van der Waals surface area contributed by atoms with Crippen molar-refractivity contribution in [3.63, 3.8) is 0 Å². The third kappa shape index (κ3) is 4.14. The number of hydrogen-bond acceptors (Lipinski definition) is 4. The van der Waals surface area contributed by atoms with Gasteiger partial charge in [-0.2, -0.15) is 5.10 Å². The molecule has 0 radical (unpaired) electrons. The second kappa shape index (κ2) is 7.97. The summed E-state index contributed by atoms with van der Waals surface area (Å²) >= 11 is 0. The van der Waals surface area contributed by atoms with E-state index in [1.54, 1.807) is 16.9 Å². The van der Waals surface area contributed by atoms with Crippen molar-refractivity contribution in [2.75, 3.05) is 18.5 Å². The van der Waals surface area contributed by atoms with Crippen molar-refractivity contribution in [1.29, 1.82) is 0 Å². The molecule has 2 aromatic rings. The van der Waals surface area contributed by atoms with E-state index in [0.717, 1.165) is 30.9 Å². The lowest BCUT2D eigenvalue weighted by Gasteiger charge is -2.22. The van der Waals surface area contributed by atoms with Gasteiger partial charge in [-0.15, -0.1) is 0 Å². The van der Waals surface area contributed by atoms with Crippen LogP contribution in [0.3, 0.4) is 0 Å². The van der Waals surface area contributed by atoms with E-state index in [0.29, 0.717) is 18.8 Å². The number of carbonyl (C=O) groups is 1. The first-order valence-corrected chi connectivity index (χ1v) is 8.44. The average Bonchev–Trinajstić information content (AvgIpc) is 3.11. The lowest BCUT2D eigenvalue weighted by atomic mass is 10.1. The molecule has 1 amide bonds. The highest BCUT2D eigenvalue weighted by atomic mass is 16.5. The van der Waals surface area contributed by atoms with Gasteiger partial charge < -0.3 is 14.8 Å². The van der Waals surface area contributed by atoms with Crippen LogP contribution in [0, 0.1) is 0 Å². The molecule has 0 aliphatic carbocycles. The van der Waals surface area contributed by atoms with Crippen LogP contribution in [-0.2, 0) is 11.3 Å². The fraction of sp³-hybridized carbons (Fsp3) is 0.444. The average molecular weight is 329 g/mol. The molecule has 1 unspecified atom stereocenters. The molecule has 6 heteroatoms. The Morgan fingerprint density at radius 2 is 2.17 bits per heavy atom. The van der Waals surface area contributed by atoms with Crippen LogP contribution < -0.4 is 10.1 Å². The van der Waals surface area contributed by atoms with Gasteiger partial charge >= 0.3 is 0 Å². The van der Waals surface area contributed by atoms with E-state index in [1.165, 1.54) is 6.42 Å². The molecule has 0 bridgehead atoms. The zero-order chi connectivity index (χ0) is 16.8. The van der Waals surface area contributed by atoms with E-state index in [1.807, 2.05) is 31.2 Å². The topological polar surface area (TPSA) is 65.4 Å². The Balaban J connectivity index is 1.53. The van der Waals surface area contributed by atoms with Crippen LogP contribution in [0.4, 0.5) is 5.69 Å². The number of nitrogens with zero attached hydrogens (tertiary/aromatic N) is 2. The van der Waals surface area contributed by atoms with E-state index >= 15 is 0 Å². The summed E-state index contributed by atoms with van der Waals surface area (Å²) in [5.41, 5.74) is 1.28. The largest absolute Gasteiger partial charge is 0.491 e. The predicted octanol–water partition coefficient (Wildman–Crippen LogP) is 3.10. The number of aryl methyl sites for hydroxylation is 1. The number of ether oxygens (including phenoxy) is 2. The predicted molar refractivity (Wildman–Crippen MR) is 91.4 cm³/mol. The second-order valence-electron chi connectivity index (χ2n) is 5.81. The molecule has 1 saturated heterocycles. The summed E-state index contributed by atoms with van der Waals surface area (Å²) in [4.78, 5) is 12.3. The van der Waals surface area contributed by atoms with Crippen molar-refractivity contribution in [3.8, 4) is 5.75 Å². The maximum absolute atomic E-state index is 12.3. The lowest BCUT2D eigenvalue weighted by Crippen LogP contribution is -2.25. The fourth-order valence-corrected chi connectivity index (χ4v) is 2.74. The summed E-state index contributed by atoms with van der Waals surface area (Å²) in [5.74, 6) is 0.611. The maximum atomic E-state index is 12.3. The molecule has 0 spiro atoms. The molecule has 1 aliphatic heterocycles. The van der Waals surface area contributed by atoms with Gasteiger partial charge in [0.1, 0.15) is 18.1 Å². The molecule has 6 nitrogen and oxygen atoms in total. The van der Waals surface area contributed by atoms with E-state index < -0.39 is 0 Å². The molecule has 128 valence electrons. The first-order valence-electron chi connectivity index (χ1n) is 8.44. The summed E-state index contributed by atoms with van der Waals surface area (Å²) in [6.07, 6.45) is 5.21. The van der Waals surface area contributed by atoms with Gasteiger partial charge in [-0.3, -0.25) is 9.48 Å². The lowest BCUT2D eigenvalue weighted by molar-refractivity contribution is -0.0110. The number of aromatic nitrogens is 2. The number of anilines is 1. The highest BCUT2D eigenvalue weighted by molar-refractivity contribution is 6.03. The molecule has 2 heterocycles. The standard InChI is InChI=1S/C18H23N3O3/c1-2-21-17(10-11-19-21)18(22)20-14-6-8-15(9-7-14)24-13-16-5-3-4-12-23-16/h6-11,16H,2-5,12-13H2,1H3,(H,20,22). The summed E-state index contributed by atoms with van der Waals surface area (Å²) < 4.78 is 13.1. The van der Waals surface area contributed by atoms with Gasteiger partial charge in [0.2, 0.25) is 0 Å². The normalized spacial score (nSPS) is 17.5. The summed E-state index contributed by atoms with van der Waals surface area (Å²) in [6, 6.07) is 9.09. The molecule has 0 saturated carbocycles. The van der Waals surface area contributed by atoms with Crippen LogP contribution in [0.2, 0.25) is 0 Å². The van der Waals surface area contributed by atoms with Crippen molar-refractivity contribution in [1.82, 2.24) is 9.78 Å². The van der Waals surface area contributed by atoms with E-state index in [4.69, 9.17) is 9.47 Å². The smallest absolute Gasteiger partial charge is 0.273 e. The third-order valence-corrected chi connectivity index (χ3v) is 4.07. The Morgan fingerprint density at radius 3 is 2.88 bits per heavy atom. The highest BCUT2D eigenvalue weighted by Gasteiger charge is 2.14. The number of carbonyl (C=O) groups excluding carboxylic acids is 1. The summed E-state index contributed by atoms with van der Waals surface area (Å²) in [6.45, 7) is 4.01. The van der Waals surface area contributed by atoms with Gasteiger partial charge in [-0.1, -0.05) is 0 Å². The van der Waals surface area contributed by atoms with Crippen LogP contribution in [-0.4, -0.2) is 35.0 Å². The van der Waals surface area contributed by atoms with E-state index in [9.17, 15) is 4.79 Å². The van der Waals surface area contributed by atoms with Gasteiger partial charge in [-0.05, 0) is 56.5 Å². The number of rotatable bonds is 6. The van der Waals surface area contributed by atoms with Gasteiger partial charge in [0.05, 0.1) is 6.10 Å². The zero-order valence-corrected chi connectivity index (χ0v) is 13.9. The van der Waals surface area contributed by atoms with Crippen molar-refractivity contribution < 1.29 is 14.3 Å². The number of nitrogens with one attached hydrogen (secondary N) is 1. The highest BCUT2D eigenvalue weighted by Crippen LogP contribution is 2.19.